The van der Waals surface area contributed by atoms with Crippen LogP contribution in [0.5, 0.6) is 0 Å². The Balaban J connectivity index is 2.07. The van der Waals surface area contributed by atoms with E-state index in [2.05, 4.69) is 0 Å². The van der Waals surface area contributed by atoms with Crippen LogP contribution in [0.1, 0.15) is 64.0 Å². The maximum absolute atomic E-state index is 13.2. The van der Waals surface area contributed by atoms with Crippen molar-refractivity contribution in [1.82, 2.24) is 0 Å². The number of esters is 1. The molecule has 0 spiro atoms. The minimum absolute atomic E-state index is 0.141. The van der Waals surface area contributed by atoms with Crippen LogP contribution in [0.2, 0.25) is 0 Å². The summed E-state index contributed by atoms with van der Waals surface area (Å²) in [6, 6.07) is 19.1. The van der Waals surface area contributed by atoms with E-state index in [4.69, 9.17) is 9.73 Å². The van der Waals surface area contributed by atoms with E-state index in [-0.39, 0.29) is 17.7 Å². The van der Waals surface area contributed by atoms with Crippen molar-refractivity contribution in [3.05, 3.63) is 71.8 Å². The molecule has 2 atom stereocenters. The Morgan fingerprint density at radius 2 is 1.53 bits per heavy atom. The molecule has 0 heterocycles. The van der Waals surface area contributed by atoms with E-state index in [9.17, 15) is 9.59 Å². The summed E-state index contributed by atoms with van der Waals surface area (Å²) < 4.78 is 5.74. The fraction of sp³-hybridized carbons (Fsp3) is 0.423. The molecule has 0 saturated heterocycles. The molecule has 3 rings (SSSR count). The molecule has 2 aromatic carbocycles. The third-order valence-corrected chi connectivity index (χ3v) is 5.23. The standard InChI is InChI=1S/C26H31NO3/c1-26(2,3)30-25(29)24(21-16-10-11-17-22(28)18-21)27-23(19-12-6-4-7-13-19)20-14-8-5-9-15-20/h4-9,12-15,21,24H,10-11,16-18H2,1-3H3. The summed E-state index contributed by atoms with van der Waals surface area (Å²) in [5.41, 5.74) is 2.03. The molecule has 1 fully saturated rings. The smallest absolute Gasteiger partial charge is 0.331 e. The van der Waals surface area contributed by atoms with Gasteiger partial charge in [-0.05, 0) is 39.5 Å². The van der Waals surface area contributed by atoms with Crippen LogP contribution in [0.15, 0.2) is 65.7 Å². The maximum Gasteiger partial charge on any atom is 0.331 e. The number of nitrogens with zero attached hydrogens (tertiary/aromatic N) is 1. The summed E-state index contributed by atoms with van der Waals surface area (Å²) in [6.07, 6.45) is 3.58. The normalized spacial score (nSPS) is 18.2. The first-order chi connectivity index (χ1) is 14.3. The number of aliphatic imine (C=N–C) groups is 1. The average Bonchev–Trinajstić information content (AvgIpc) is 2.93. The van der Waals surface area contributed by atoms with Crippen molar-refractivity contribution in [2.45, 2.75) is 64.5 Å². The van der Waals surface area contributed by atoms with Gasteiger partial charge in [-0.1, -0.05) is 67.1 Å². The van der Waals surface area contributed by atoms with Crippen molar-refractivity contribution in [2.75, 3.05) is 0 Å². The molecule has 158 valence electrons. The first-order valence-corrected chi connectivity index (χ1v) is 10.8. The van der Waals surface area contributed by atoms with Gasteiger partial charge in [-0.2, -0.15) is 0 Å². The number of hydrogen-bond donors (Lipinski definition) is 0. The summed E-state index contributed by atoms with van der Waals surface area (Å²) in [4.78, 5) is 30.6. The van der Waals surface area contributed by atoms with E-state index in [1.165, 1.54) is 0 Å². The third-order valence-electron chi connectivity index (χ3n) is 5.23. The van der Waals surface area contributed by atoms with Gasteiger partial charge >= 0.3 is 5.97 Å². The summed E-state index contributed by atoms with van der Waals surface area (Å²) in [5.74, 6) is -0.286. The molecule has 0 bridgehead atoms. The zero-order valence-corrected chi connectivity index (χ0v) is 18.1. The monoisotopic (exact) mass is 405 g/mol. The van der Waals surface area contributed by atoms with E-state index >= 15 is 0 Å². The third kappa shape index (κ3) is 6.12. The lowest BCUT2D eigenvalue weighted by atomic mass is 9.90. The zero-order chi connectivity index (χ0) is 21.6. The Morgan fingerprint density at radius 1 is 0.967 bits per heavy atom. The molecular formula is C26H31NO3. The van der Waals surface area contributed by atoms with E-state index < -0.39 is 11.6 Å². The summed E-state index contributed by atoms with van der Waals surface area (Å²) >= 11 is 0. The van der Waals surface area contributed by atoms with Crippen molar-refractivity contribution < 1.29 is 14.3 Å². The summed E-state index contributed by atoms with van der Waals surface area (Å²) in [6.45, 7) is 5.58. The molecule has 1 saturated carbocycles. The van der Waals surface area contributed by atoms with Gasteiger partial charge in [-0.25, -0.2) is 4.79 Å². The van der Waals surface area contributed by atoms with Gasteiger partial charge in [0.2, 0.25) is 0 Å². The minimum atomic E-state index is -0.707. The van der Waals surface area contributed by atoms with Crippen LogP contribution in [-0.2, 0) is 14.3 Å². The van der Waals surface area contributed by atoms with Crippen LogP contribution in [0.3, 0.4) is 0 Å². The Morgan fingerprint density at radius 3 is 2.07 bits per heavy atom. The number of Topliss-reactive ketones (excluding diaryl/α,β-unsaturated/α-hetero) is 1. The van der Waals surface area contributed by atoms with E-state index in [0.29, 0.717) is 12.8 Å². The largest absolute Gasteiger partial charge is 0.458 e. The van der Waals surface area contributed by atoms with Crippen LogP contribution in [0.4, 0.5) is 0 Å². The maximum atomic E-state index is 13.2. The number of carbonyl (C=O) groups is 2. The van der Waals surface area contributed by atoms with E-state index in [1.807, 2.05) is 81.4 Å². The van der Waals surface area contributed by atoms with Crippen LogP contribution in [0, 0.1) is 5.92 Å². The second-order valence-corrected chi connectivity index (χ2v) is 8.94. The highest BCUT2D eigenvalue weighted by atomic mass is 16.6. The van der Waals surface area contributed by atoms with Gasteiger partial charge < -0.3 is 4.74 Å². The van der Waals surface area contributed by atoms with E-state index in [1.54, 1.807) is 0 Å². The number of ether oxygens (including phenoxy) is 1. The van der Waals surface area contributed by atoms with Crippen LogP contribution < -0.4 is 0 Å². The zero-order valence-electron chi connectivity index (χ0n) is 18.1. The van der Waals surface area contributed by atoms with Crippen molar-refractivity contribution in [1.29, 1.82) is 0 Å². The van der Waals surface area contributed by atoms with Gasteiger partial charge in [-0.3, -0.25) is 9.79 Å². The first-order valence-electron chi connectivity index (χ1n) is 10.8. The average molecular weight is 406 g/mol. The van der Waals surface area contributed by atoms with Crippen molar-refractivity contribution in [3.63, 3.8) is 0 Å². The lowest BCUT2D eigenvalue weighted by Gasteiger charge is -2.27. The number of hydrogen-bond acceptors (Lipinski definition) is 4. The van der Waals surface area contributed by atoms with Gasteiger partial charge in [-0.15, -0.1) is 0 Å². The Bertz CT molecular complexity index is 840. The second-order valence-electron chi connectivity index (χ2n) is 8.94. The highest BCUT2D eigenvalue weighted by molar-refractivity contribution is 6.13. The number of ketones is 1. The van der Waals surface area contributed by atoms with Crippen molar-refractivity contribution in [3.8, 4) is 0 Å². The van der Waals surface area contributed by atoms with Gasteiger partial charge in [0.15, 0.2) is 6.04 Å². The molecule has 0 aliphatic heterocycles. The first kappa shape index (κ1) is 21.9. The SMILES string of the molecule is CC(C)(C)OC(=O)C(N=C(c1ccccc1)c1ccccc1)C1CCCCC(=O)C1. The Kier molecular flexibility index (Phi) is 7.20. The number of carbonyl (C=O) groups excluding carboxylic acids is 2. The highest BCUT2D eigenvalue weighted by Gasteiger charge is 2.34. The molecule has 30 heavy (non-hydrogen) atoms. The van der Waals surface area contributed by atoms with Crippen LogP contribution in [0.25, 0.3) is 0 Å². The Hall–Kier alpha value is -2.75. The highest BCUT2D eigenvalue weighted by Crippen LogP contribution is 2.28. The van der Waals surface area contributed by atoms with Gasteiger partial charge in [0.25, 0.3) is 0 Å². The van der Waals surface area contributed by atoms with Crippen molar-refractivity contribution in [2.24, 2.45) is 10.9 Å². The molecule has 0 amide bonds. The predicted molar refractivity (Wildman–Crippen MR) is 120 cm³/mol. The van der Waals surface area contributed by atoms with Gasteiger partial charge in [0.1, 0.15) is 11.4 Å². The Labute approximate surface area is 179 Å². The molecule has 4 heteroatoms. The van der Waals surface area contributed by atoms with Crippen molar-refractivity contribution >= 4 is 17.5 Å². The lowest BCUT2D eigenvalue weighted by molar-refractivity contribution is -0.157. The molecular weight excluding hydrogens is 374 g/mol. The number of rotatable bonds is 5. The summed E-state index contributed by atoms with van der Waals surface area (Å²) in [7, 11) is 0. The van der Waals surface area contributed by atoms with Crippen LogP contribution in [-0.4, -0.2) is 29.1 Å². The molecule has 2 unspecified atom stereocenters. The fourth-order valence-corrected chi connectivity index (χ4v) is 3.85. The second kappa shape index (κ2) is 9.84. The molecule has 0 N–H and O–H groups in total. The van der Waals surface area contributed by atoms with E-state index in [0.717, 1.165) is 36.1 Å². The predicted octanol–water partition coefficient (Wildman–Crippen LogP) is 5.38. The van der Waals surface area contributed by atoms with Crippen LogP contribution >= 0.6 is 0 Å². The molecule has 2 aromatic rings. The molecule has 0 aromatic heterocycles. The number of benzene rings is 2. The molecule has 0 radical (unpaired) electrons. The quantitative estimate of drug-likeness (QED) is 0.381. The molecule has 1 aliphatic carbocycles. The lowest BCUT2D eigenvalue weighted by Crippen LogP contribution is -2.37. The topological polar surface area (TPSA) is 55.7 Å². The molecule has 1 aliphatic rings. The minimum Gasteiger partial charge on any atom is -0.458 e. The fourth-order valence-electron chi connectivity index (χ4n) is 3.85. The summed E-state index contributed by atoms with van der Waals surface area (Å²) in [5, 5.41) is 0. The van der Waals surface area contributed by atoms with Gasteiger partial charge in [0.05, 0.1) is 5.71 Å². The van der Waals surface area contributed by atoms with Gasteiger partial charge in [0, 0.05) is 24.0 Å². The molecule has 4 nitrogen and oxygen atoms in total.